The van der Waals surface area contributed by atoms with Crippen molar-refractivity contribution in [3.05, 3.63) is 23.8 Å². The van der Waals surface area contributed by atoms with E-state index in [1.54, 1.807) is 26.4 Å². The highest BCUT2D eigenvalue weighted by Crippen LogP contribution is 2.36. The molecular weight excluding hydrogens is 232 g/mol. The van der Waals surface area contributed by atoms with E-state index in [9.17, 15) is 5.11 Å². The molecule has 0 aromatic heterocycles. The lowest BCUT2D eigenvalue weighted by atomic mass is 10.0. The normalized spacial score (nSPS) is 14.1. The van der Waals surface area contributed by atoms with Crippen molar-refractivity contribution in [3.8, 4) is 11.5 Å². The average Bonchev–Trinajstić information content (AvgIpc) is 2.42. The molecule has 1 N–H and O–H groups in total. The van der Waals surface area contributed by atoms with E-state index in [4.69, 9.17) is 14.2 Å². The lowest BCUT2D eigenvalue weighted by molar-refractivity contribution is -0.0372. The summed E-state index contributed by atoms with van der Waals surface area (Å²) >= 11 is 0. The number of methoxy groups -OCH3 is 2. The minimum absolute atomic E-state index is 0.264. The summed E-state index contributed by atoms with van der Waals surface area (Å²) in [6.45, 7) is 4.45. The highest BCUT2D eigenvalue weighted by molar-refractivity contribution is 5.46. The zero-order valence-electron chi connectivity index (χ0n) is 11.5. The molecule has 0 fully saturated rings. The second-order valence-corrected chi connectivity index (χ2v) is 3.92. The van der Waals surface area contributed by atoms with E-state index in [0.717, 1.165) is 6.42 Å². The van der Waals surface area contributed by atoms with Crippen molar-refractivity contribution >= 4 is 0 Å². The predicted molar refractivity (Wildman–Crippen MR) is 70.2 cm³/mol. The van der Waals surface area contributed by atoms with Crippen molar-refractivity contribution in [2.45, 2.75) is 32.5 Å². The van der Waals surface area contributed by atoms with E-state index in [-0.39, 0.29) is 6.10 Å². The molecule has 18 heavy (non-hydrogen) atoms. The Balaban J connectivity index is 3.12. The molecule has 0 aliphatic rings. The predicted octanol–water partition coefficient (Wildman–Crippen LogP) is 2.55. The van der Waals surface area contributed by atoms with E-state index in [2.05, 4.69) is 0 Å². The third-order valence-corrected chi connectivity index (χ3v) is 2.90. The molecule has 4 heteroatoms. The van der Waals surface area contributed by atoms with Crippen molar-refractivity contribution in [2.75, 3.05) is 20.8 Å². The van der Waals surface area contributed by atoms with Gasteiger partial charge in [-0.05, 0) is 25.5 Å². The van der Waals surface area contributed by atoms with Crippen LogP contribution in [-0.4, -0.2) is 32.0 Å². The average molecular weight is 254 g/mol. The highest BCUT2D eigenvalue weighted by atomic mass is 16.5. The van der Waals surface area contributed by atoms with Gasteiger partial charge in [0, 0.05) is 6.61 Å². The first-order valence-corrected chi connectivity index (χ1v) is 6.20. The Kier molecular flexibility index (Phi) is 5.95. The van der Waals surface area contributed by atoms with Gasteiger partial charge in [-0.3, -0.25) is 0 Å². The number of hydrogen-bond donors (Lipinski definition) is 1. The lowest BCUT2D eigenvalue weighted by Crippen LogP contribution is -2.22. The summed E-state index contributed by atoms with van der Waals surface area (Å²) in [5.74, 6) is 1.22. The molecule has 0 bridgehead atoms. The number of hydrogen-bond acceptors (Lipinski definition) is 4. The Morgan fingerprint density at radius 1 is 1.11 bits per heavy atom. The summed E-state index contributed by atoms with van der Waals surface area (Å²) in [7, 11) is 3.15. The van der Waals surface area contributed by atoms with Gasteiger partial charge in [-0.25, -0.2) is 0 Å². The fraction of sp³-hybridized carbons (Fsp3) is 0.571. The van der Waals surface area contributed by atoms with Crippen LogP contribution >= 0.6 is 0 Å². The molecule has 2 unspecified atom stereocenters. The summed E-state index contributed by atoms with van der Waals surface area (Å²) in [5.41, 5.74) is 0.641. The molecule has 0 radical (unpaired) electrons. The van der Waals surface area contributed by atoms with Gasteiger partial charge in [0.2, 0.25) is 0 Å². The Labute approximate surface area is 108 Å². The first kappa shape index (κ1) is 14.8. The van der Waals surface area contributed by atoms with Crippen LogP contribution in [0.15, 0.2) is 18.2 Å². The molecule has 0 amide bonds. The second-order valence-electron chi connectivity index (χ2n) is 3.92. The van der Waals surface area contributed by atoms with Gasteiger partial charge in [0.25, 0.3) is 0 Å². The Bertz CT molecular complexity index is 343. The van der Waals surface area contributed by atoms with Gasteiger partial charge < -0.3 is 19.3 Å². The molecule has 0 spiro atoms. The number of benzene rings is 1. The van der Waals surface area contributed by atoms with Crippen LogP contribution in [0.3, 0.4) is 0 Å². The van der Waals surface area contributed by atoms with E-state index in [1.807, 2.05) is 19.9 Å². The minimum Gasteiger partial charge on any atom is -0.496 e. The Morgan fingerprint density at radius 3 is 2.06 bits per heavy atom. The van der Waals surface area contributed by atoms with Gasteiger partial charge in [0.15, 0.2) is 0 Å². The molecule has 102 valence electrons. The second kappa shape index (κ2) is 7.24. The number of aliphatic hydroxyl groups is 1. The van der Waals surface area contributed by atoms with Gasteiger partial charge in [0.1, 0.15) is 17.6 Å². The third kappa shape index (κ3) is 3.15. The molecule has 1 aromatic carbocycles. The molecule has 0 saturated heterocycles. The summed E-state index contributed by atoms with van der Waals surface area (Å²) in [6.07, 6.45) is -0.308. The third-order valence-electron chi connectivity index (χ3n) is 2.90. The van der Waals surface area contributed by atoms with Crippen LogP contribution in [0.2, 0.25) is 0 Å². The smallest absolute Gasteiger partial charge is 0.128 e. The number of ether oxygens (including phenoxy) is 3. The van der Waals surface area contributed by atoms with Gasteiger partial charge in [-0.2, -0.15) is 0 Å². The van der Waals surface area contributed by atoms with E-state index >= 15 is 0 Å². The summed E-state index contributed by atoms with van der Waals surface area (Å²) < 4.78 is 16.1. The zero-order valence-corrected chi connectivity index (χ0v) is 11.5. The maximum absolute atomic E-state index is 10.5. The molecule has 0 aliphatic heterocycles. The van der Waals surface area contributed by atoms with Crippen molar-refractivity contribution in [3.63, 3.8) is 0 Å². The highest BCUT2D eigenvalue weighted by Gasteiger charge is 2.26. The largest absolute Gasteiger partial charge is 0.496 e. The molecule has 2 atom stereocenters. The topological polar surface area (TPSA) is 47.9 Å². The van der Waals surface area contributed by atoms with Crippen LogP contribution in [0.25, 0.3) is 0 Å². The lowest BCUT2D eigenvalue weighted by Gasteiger charge is -2.24. The van der Waals surface area contributed by atoms with Crippen LogP contribution < -0.4 is 9.47 Å². The van der Waals surface area contributed by atoms with Crippen LogP contribution in [-0.2, 0) is 4.74 Å². The molecule has 0 saturated carbocycles. The summed E-state index contributed by atoms with van der Waals surface area (Å²) in [6, 6.07) is 5.44. The molecule has 0 aliphatic carbocycles. The Morgan fingerprint density at radius 2 is 1.67 bits per heavy atom. The standard InChI is InChI=1S/C14H22O4/c1-5-10(18-6-2)14(15)13-11(16-3)8-7-9-12(13)17-4/h7-10,14-15H,5-6H2,1-4H3. The number of aliphatic hydroxyl groups excluding tert-OH is 1. The van der Waals surface area contributed by atoms with Crippen molar-refractivity contribution in [1.29, 1.82) is 0 Å². The Hall–Kier alpha value is -1.26. The van der Waals surface area contributed by atoms with Crippen LogP contribution in [0.5, 0.6) is 11.5 Å². The first-order valence-electron chi connectivity index (χ1n) is 6.20. The zero-order chi connectivity index (χ0) is 13.5. The maximum Gasteiger partial charge on any atom is 0.128 e. The van der Waals surface area contributed by atoms with Crippen LogP contribution in [0.4, 0.5) is 0 Å². The van der Waals surface area contributed by atoms with Crippen LogP contribution in [0, 0.1) is 0 Å². The van der Waals surface area contributed by atoms with Gasteiger partial charge >= 0.3 is 0 Å². The quantitative estimate of drug-likeness (QED) is 0.812. The van der Waals surface area contributed by atoms with Gasteiger partial charge in [-0.15, -0.1) is 0 Å². The SMILES string of the molecule is CCOC(CC)C(O)c1c(OC)cccc1OC. The molecule has 4 nitrogen and oxygen atoms in total. The van der Waals surface area contributed by atoms with E-state index in [1.165, 1.54) is 0 Å². The molecule has 1 aromatic rings. The molecule has 1 rings (SSSR count). The maximum atomic E-state index is 10.5. The van der Waals surface area contributed by atoms with Gasteiger partial charge in [0.05, 0.1) is 25.9 Å². The summed E-state index contributed by atoms with van der Waals surface area (Å²) in [4.78, 5) is 0. The fourth-order valence-corrected chi connectivity index (χ4v) is 2.00. The molecular formula is C14H22O4. The summed E-state index contributed by atoms with van der Waals surface area (Å²) in [5, 5.41) is 10.5. The van der Waals surface area contributed by atoms with E-state index in [0.29, 0.717) is 23.7 Å². The van der Waals surface area contributed by atoms with Crippen molar-refractivity contribution < 1.29 is 19.3 Å². The van der Waals surface area contributed by atoms with E-state index < -0.39 is 6.10 Å². The van der Waals surface area contributed by atoms with Crippen molar-refractivity contribution in [1.82, 2.24) is 0 Å². The monoisotopic (exact) mass is 254 g/mol. The minimum atomic E-state index is -0.763. The fourth-order valence-electron chi connectivity index (χ4n) is 2.00. The van der Waals surface area contributed by atoms with Gasteiger partial charge in [-0.1, -0.05) is 13.0 Å². The van der Waals surface area contributed by atoms with Crippen LogP contribution in [0.1, 0.15) is 31.9 Å². The van der Waals surface area contributed by atoms with Crippen molar-refractivity contribution in [2.24, 2.45) is 0 Å². The first-order chi connectivity index (χ1) is 8.69. The number of rotatable bonds is 7. The molecule has 0 heterocycles.